The van der Waals surface area contributed by atoms with Crippen molar-refractivity contribution in [2.24, 2.45) is 0 Å². The van der Waals surface area contributed by atoms with Crippen LogP contribution in [0.2, 0.25) is 0 Å². The van der Waals surface area contributed by atoms with Crippen LogP contribution in [0.25, 0.3) is 0 Å². The SMILES string of the molecule is CC1CCN1CCCNC1CC1. The first-order valence-electron chi connectivity index (χ1n) is 5.33. The average Bonchev–Trinajstić information content (AvgIpc) is 2.85. The van der Waals surface area contributed by atoms with E-state index in [9.17, 15) is 0 Å². The number of likely N-dealkylation sites (tertiary alicyclic amines) is 1. The van der Waals surface area contributed by atoms with Gasteiger partial charge in [0.1, 0.15) is 0 Å². The van der Waals surface area contributed by atoms with Gasteiger partial charge in [0.25, 0.3) is 0 Å². The van der Waals surface area contributed by atoms with Crippen molar-refractivity contribution < 1.29 is 0 Å². The fourth-order valence-corrected chi connectivity index (χ4v) is 1.78. The molecule has 1 heterocycles. The number of hydrogen-bond donors (Lipinski definition) is 1. The molecule has 1 saturated carbocycles. The van der Waals surface area contributed by atoms with E-state index < -0.39 is 0 Å². The third kappa shape index (κ3) is 2.20. The summed E-state index contributed by atoms with van der Waals surface area (Å²) in [5.41, 5.74) is 0. The zero-order valence-electron chi connectivity index (χ0n) is 8.05. The van der Waals surface area contributed by atoms with E-state index in [1.165, 1.54) is 45.3 Å². The second kappa shape index (κ2) is 3.75. The molecule has 0 radical (unpaired) electrons. The maximum absolute atomic E-state index is 3.55. The molecule has 1 unspecified atom stereocenters. The Hall–Kier alpha value is -0.0800. The highest BCUT2D eigenvalue weighted by atomic mass is 15.2. The van der Waals surface area contributed by atoms with Crippen molar-refractivity contribution in [1.29, 1.82) is 0 Å². The van der Waals surface area contributed by atoms with Crippen LogP contribution >= 0.6 is 0 Å². The number of hydrogen-bond acceptors (Lipinski definition) is 2. The minimum absolute atomic E-state index is 0.867. The van der Waals surface area contributed by atoms with E-state index in [4.69, 9.17) is 0 Å². The van der Waals surface area contributed by atoms with Gasteiger partial charge in [-0.3, -0.25) is 0 Å². The Bertz CT molecular complexity index is 143. The van der Waals surface area contributed by atoms with Gasteiger partial charge in [-0.05, 0) is 52.2 Å². The first-order chi connectivity index (χ1) is 5.86. The quantitative estimate of drug-likeness (QED) is 0.621. The van der Waals surface area contributed by atoms with Gasteiger partial charge in [-0.15, -0.1) is 0 Å². The highest BCUT2D eigenvalue weighted by molar-refractivity contribution is 4.82. The summed E-state index contributed by atoms with van der Waals surface area (Å²) in [6.07, 6.45) is 5.58. The van der Waals surface area contributed by atoms with E-state index in [-0.39, 0.29) is 0 Å². The maximum Gasteiger partial charge on any atom is 0.00791 e. The van der Waals surface area contributed by atoms with Crippen LogP contribution in [0, 0.1) is 0 Å². The molecule has 1 N–H and O–H groups in total. The summed E-state index contributed by atoms with van der Waals surface area (Å²) >= 11 is 0. The fraction of sp³-hybridized carbons (Fsp3) is 1.00. The Morgan fingerprint density at radius 1 is 1.33 bits per heavy atom. The van der Waals surface area contributed by atoms with Gasteiger partial charge in [-0.1, -0.05) is 0 Å². The van der Waals surface area contributed by atoms with Crippen molar-refractivity contribution in [3.05, 3.63) is 0 Å². The molecule has 1 aliphatic heterocycles. The van der Waals surface area contributed by atoms with E-state index in [0.29, 0.717) is 0 Å². The van der Waals surface area contributed by atoms with Crippen LogP contribution in [0.5, 0.6) is 0 Å². The smallest absolute Gasteiger partial charge is 0.00791 e. The standard InChI is InChI=1S/C10H20N2/c1-9-5-8-12(9)7-2-6-11-10-3-4-10/h9-11H,2-8H2,1H3. The molecule has 0 aromatic carbocycles. The molecule has 0 bridgehead atoms. The minimum Gasteiger partial charge on any atom is -0.314 e. The van der Waals surface area contributed by atoms with Gasteiger partial charge in [-0.2, -0.15) is 0 Å². The molecule has 2 rings (SSSR count). The number of rotatable bonds is 5. The van der Waals surface area contributed by atoms with E-state index in [1.807, 2.05) is 0 Å². The Kier molecular flexibility index (Phi) is 2.66. The third-order valence-corrected chi connectivity index (χ3v) is 3.09. The molecule has 2 fully saturated rings. The van der Waals surface area contributed by atoms with E-state index in [2.05, 4.69) is 17.1 Å². The third-order valence-electron chi connectivity index (χ3n) is 3.09. The van der Waals surface area contributed by atoms with Crippen molar-refractivity contribution in [3.8, 4) is 0 Å². The zero-order valence-corrected chi connectivity index (χ0v) is 8.05. The van der Waals surface area contributed by atoms with Crippen LogP contribution in [0.15, 0.2) is 0 Å². The summed E-state index contributed by atoms with van der Waals surface area (Å²) in [4.78, 5) is 2.58. The fourth-order valence-electron chi connectivity index (χ4n) is 1.78. The number of nitrogens with one attached hydrogen (secondary N) is 1. The van der Waals surface area contributed by atoms with Gasteiger partial charge in [0.2, 0.25) is 0 Å². The van der Waals surface area contributed by atoms with Gasteiger partial charge in [0.05, 0.1) is 0 Å². The van der Waals surface area contributed by atoms with Crippen molar-refractivity contribution in [2.45, 2.75) is 44.7 Å². The second-order valence-electron chi connectivity index (χ2n) is 4.26. The van der Waals surface area contributed by atoms with E-state index >= 15 is 0 Å². The molecular weight excluding hydrogens is 148 g/mol. The highest BCUT2D eigenvalue weighted by Gasteiger charge is 2.23. The molecule has 1 atom stereocenters. The van der Waals surface area contributed by atoms with Crippen LogP contribution in [0.3, 0.4) is 0 Å². The number of nitrogens with zero attached hydrogens (tertiary/aromatic N) is 1. The lowest BCUT2D eigenvalue weighted by atomic mass is 10.1. The van der Waals surface area contributed by atoms with Crippen molar-refractivity contribution in [3.63, 3.8) is 0 Å². The lowest BCUT2D eigenvalue weighted by Gasteiger charge is -2.38. The zero-order chi connectivity index (χ0) is 8.39. The van der Waals surface area contributed by atoms with Crippen molar-refractivity contribution in [2.75, 3.05) is 19.6 Å². The summed E-state index contributed by atoms with van der Waals surface area (Å²) in [6.45, 7) is 6.21. The first-order valence-corrected chi connectivity index (χ1v) is 5.33. The minimum atomic E-state index is 0.867. The van der Waals surface area contributed by atoms with Crippen molar-refractivity contribution >= 4 is 0 Å². The summed E-state index contributed by atoms with van der Waals surface area (Å²) in [5.74, 6) is 0. The molecule has 0 amide bonds. The highest BCUT2D eigenvalue weighted by Crippen LogP contribution is 2.19. The van der Waals surface area contributed by atoms with Crippen LogP contribution < -0.4 is 5.32 Å². The lowest BCUT2D eigenvalue weighted by Crippen LogP contribution is -2.46. The van der Waals surface area contributed by atoms with Crippen molar-refractivity contribution in [1.82, 2.24) is 10.2 Å². The van der Waals surface area contributed by atoms with Gasteiger partial charge in [0, 0.05) is 12.1 Å². The van der Waals surface area contributed by atoms with E-state index in [1.54, 1.807) is 0 Å². The molecule has 2 nitrogen and oxygen atoms in total. The molecule has 0 aromatic rings. The second-order valence-corrected chi connectivity index (χ2v) is 4.26. The maximum atomic E-state index is 3.55. The monoisotopic (exact) mass is 168 g/mol. The molecule has 2 heteroatoms. The van der Waals surface area contributed by atoms with Gasteiger partial charge >= 0.3 is 0 Å². The van der Waals surface area contributed by atoms with Crippen LogP contribution in [-0.2, 0) is 0 Å². The Labute approximate surface area is 75.3 Å². The predicted molar refractivity (Wildman–Crippen MR) is 51.3 cm³/mol. The molecule has 1 saturated heterocycles. The summed E-state index contributed by atoms with van der Waals surface area (Å²) in [6, 6.07) is 1.75. The van der Waals surface area contributed by atoms with E-state index in [0.717, 1.165) is 12.1 Å². The normalized spacial score (nSPS) is 30.2. The van der Waals surface area contributed by atoms with Crippen LogP contribution in [0.1, 0.15) is 32.6 Å². The predicted octanol–water partition coefficient (Wildman–Crippen LogP) is 1.22. The molecule has 1 aliphatic carbocycles. The summed E-state index contributed by atoms with van der Waals surface area (Å²) in [5, 5.41) is 3.55. The largest absolute Gasteiger partial charge is 0.314 e. The molecule has 2 aliphatic rings. The molecule has 70 valence electrons. The Morgan fingerprint density at radius 2 is 2.17 bits per heavy atom. The van der Waals surface area contributed by atoms with Crippen LogP contribution in [-0.4, -0.2) is 36.6 Å². The Morgan fingerprint density at radius 3 is 2.67 bits per heavy atom. The van der Waals surface area contributed by atoms with Crippen LogP contribution in [0.4, 0.5) is 0 Å². The first kappa shape index (κ1) is 8.52. The lowest BCUT2D eigenvalue weighted by molar-refractivity contribution is 0.103. The average molecular weight is 168 g/mol. The van der Waals surface area contributed by atoms with Gasteiger partial charge in [0.15, 0.2) is 0 Å². The topological polar surface area (TPSA) is 15.3 Å². The molecule has 0 aromatic heterocycles. The van der Waals surface area contributed by atoms with Gasteiger partial charge < -0.3 is 10.2 Å². The molecule has 12 heavy (non-hydrogen) atoms. The molecule has 0 spiro atoms. The van der Waals surface area contributed by atoms with Gasteiger partial charge in [-0.25, -0.2) is 0 Å². The summed E-state index contributed by atoms with van der Waals surface area (Å²) in [7, 11) is 0. The summed E-state index contributed by atoms with van der Waals surface area (Å²) < 4.78 is 0. The Balaban J connectivity index is 1.45. The molecular formula is C10H20N2.